The van der Waals surface area contributed by atoms with Crippen LogP contribution in [0.25, 0.3) is 0 Å². The van der Waals surface area contributed by atoms with Crippen LogP contribution >= 0.6 is 0 Å². The van der Waals surface area contributed by atoms with Crippen LogP contribution in [0, 0.1) is 11.8 Å². The summed E-state index contributed by atoms with van der Waals surface area (Å²) in [5.74, 6) is 1.33. The largest absolute Gasteiger partial charge is 0.388 e. The Balaban J connectivity index is 1.99. The Labute approximate surface area is 92.1 Å². The Kier molecular flexibility index (Phi) is 3.42. The lowest BCUT2D eigenvalue weighted by atomic mass is 9.78. The second kappa shape index (κ2) is 4.80. The monoisotopic (exact) mass is 204 g/mol. The average Bonchev–Trinajstić information content (AvgIpc) is 2.30. The van der Waals surface area contributed by atoms with Gasteiger partial charge in [-0.25, -0.2) is 0 Å². The van der Waals surface area contributed by atoms with Gasteiger partial charge in [0.15, 0.2) is 0 Å². The van der Waals surface area contributed by atoms with Crippen molar-refractivity contribution in [1.82, 2.24) is 0 Å². The highest BCUT2D eigenvalue weighted by Crippen LogP contribution is 2.36. The smallest absolute Gasteiger partial charge is 0.0818 e. The van der Waals surface area contributed by atoms with E-state index in [0.29, 0.717) is 5.92 Å². The fraction of sp³-hybridized carbons (Fsp3) is 0.571. The summed E-state index contributed by atoms with van der Waals surface area (Å²) in [4.78, 5) is 0. The molecular weight excluding hydrogens is 184 g/mol. The number of aliphatic hydroxyl groups is 1. The second-order valence-corrected chi connectivity index (χ2v) is 4.88. The second-order valence-electron chi connectivity index (χ2n) is 4.88. The molecule has 2 rings (SSSR count). The molecule has 82 valence electrons. The molecule has 0 spiro atoms. The molecule has 0 amide bonds. The highest BCUT2D eigenvalue weighted by atomic mass is 16.3. The van der Waals surface area contributed by atoms with Crippen LogP contribution in [0.1, 0.15) is 44.3 Å². The molecule has 1 aromatic carbocycles. The molecule has 1 fully saturated rings. The summed E-state index contributed by atoms with van der Waals surface area (Å²) < 4.78 is 0. The van der Waals surface area contributed by atoms with Gasteiger partial charge in [-0.2, -0.15) is 0 Å². The van der Waals surface area contributed by atoms with Gasteiger partial charge in [0, 0.05) is 0 Å². The van der Waals surface area contributed by atoms with Crippen molar-refractivity contribution in [3.05, 3.63) is 35.9 Å². The molecule has 1 nitrogen and oxygen atoms in total. The van der Waals surface area contributed by atoms with Crippen molar-refractivity contribution in [2.45, 2.75) is 38.7 Å². The molecule has 0 saturated heterocycles. The first-order valence-corrected chi connectivity index (χ1v) is 6.00. The molecule has 15 heavy (non-hydrogen) atoms. The highest BCUT2D eigenvalue weighted by Gasteiger charge is 2.25. The summed E-state index contributed by atoms with van der Waals surface area (Å²) >= 11 is 0. The van der Waals surface area contributed by atoms with Gasteiger partial charge in [0.1, 0.15) is 0 Å². The zero-order valence-corrected chi connectivity index (χ0v) is 9.39. The van der Waals surface area contributed by atoms with Crippen molar-refractivity contribution in [3.8, 4) is 0 Å². The van der Waals surface area contributed by atoms with Gasteiger partial charge >= 0.3 is 0 Å². The predicted molar refractivity (Wildman–Crippen MR) is 62.5 cm³/mol. The van der Waals surface area contributed by atoms with Crippen molar-refractivity contribution in [3.63, 3.8) is 0 Å². The van der Waals surface area contributed by atoms with Gasteiger partial charge in [0.2, 0.25) is 0 Å². The number of hydrogen-bond acceptors (Lipinski definition) is 1. The van der Waals surface area contributed by atoms with Crippen LogP contribution in [-0.2, 0) is 0 Å². The van der Waals surface area contributed by atoms with E-state index in [0.717, 1.165) is 11.5 Å². The van der Waals surface area contributed by atoms with E-state index in [1.807, 2.05) is 30.3 Å². The molecule has 0 aliphatic heterocycles. The third-order valence-electron chi connectivity index (χ3n) is 3.65. The van der Waals surface area contributed by atoms with Gasteiger partial charge in [0.25, 0.3) is 0 Å². The third kappa shape index (κ3) is 2.60. The van der Waals surface area contributed by atoms with Crippen LogP contribution in [0.4, 0.5) is 0 Å². The maximum atomic E-state index is 10.2. The van der Waals surface area contributed by atoms with Crippen LogP contribution in [-0.4, -0.2) is 5.11 Å². The Bertz CT molecular complexity index is 285. The van der Waals surface area contributed by atoms with Crippen molar-refractivity contribution in [2.75, 3.05) is 0 Å². The van der Waals surface area contributed by atoms with Crippen molar-refractivity contribution in [2.24, 2.45) is 11.8 Å². The van der Waals surface area contributed by atoms with Gasteiger partial charge in [-0.3, -0.25) is 0 Å². The molecule has 1 heteroatoms. The van der Waals surface area contributed by atoms with Crippen LogP contribution in [0.3, 0.4) is 0 Å². The highest BCUT2D eigenvalue weighted by molar-refractivity contribution is 5.18. The normalized spacial score (nSPS) is 28.7. The molecule has 1 unspecified atom stereocenters. The van der Waals surface area contributed by atoms with E-state index < -0.39 is 0 Å². The van der Waals surface area contributed by atoms with Crippen molar-refractivity contribution in [1.29, 1.82) is 0 Å². The predicted octanol–water partition coefficient (Wildman–Crippen LogP) is 3.55. The van der Waals surface area contributed by atoms with Gasteiger partial charge in [-0.15, -0.1) is 0 Å². The molecule has 1 atom stereocenters. The lowest BCUT2D eigenvalue weighted by Crippen LogP contribution is -2.19. The zero-order valence-electron chi connectivity index (χ0n) is 9.39. The minimum atomic E-state index is -0.251. The van der Waals surface area contributed by atoms with Crippen LogP contribution in [0.2, 0.25) is 0 Å². The summed E-state index contributed by atoms with van der Waals surface area (Å²) in [5, 5.41) is 10.2. The maximum Gasteiger partial charge on any atom is 0.0818 e. The van der Waals surface area contributed by atoms with E-state index in [4.69, 9.17) is 0 Å². The van der Waals surface area contributed by atoms with Gasteiger partial charge in [-0.05, 0) is 30.2 Å². The standard InChI is InChI=1S/C14H20O/c1-11-7-9-13(10-8-11)14(15)12-5-3-2-4-6-12/h2-6,11,13-15H,7-10H2,1H3. The quantitative estimate of drug-likeness (QED) is 0.781. The van der Waals surface area contributed by atoms with Crippen LogP contribution in [0.5, 0.6) is 0 Å². The maximum absolute atomic E-state index is 10.2. The van der Waals surface area contributed by atoms with Crippen molar-refractivity contribution >= 4 is 0 Å². The minimum absolute atomic E-state index is 0.251. The Morgan fingerprint density at radius 2 is 1.67 bits per heavy atom. The van der Waals surface area contributed by atoms with E-state index in [-0.39, 0.29) is 6.10 Å². The fourth-order valence-electron chi connectivity index (χ4n) is 2.52. The molecule has 1 aromatic rings. The lowest BCUT2D eigenvalue weighted by molar-refractivity contribution is 0.0756. The Morgan fingerprint density at radius 1 is 1.07 bits per heavy atom. The lowest BCUT2D eigenvalue weighted by Gasteiger charge is -2.30. The summed E-state index contributed by atoms with van der Waals surface area (Å²) in [5.41, 5.74) is 1.08. The summed E-state index contributed by atoms with van der Waals surface area (Å²) in [6, 6.07) is 10.1. The Hall–Kier alpha value is -0.820. The molecule has 0 heterocycles. The summed E-state index contributed by atoms with van der Waals surface area (Å²) in [6.45, 7) is 2.31. The molecule has 1 N–H and O–H groups in total. The number of benzene rings is 1. The average molecular weight is 204 g/mol. The van der Waals surface area contributed by atoms with E-state index >= 15 is 0 Å². The summed E-state index contributed by atoms with van der Waals surface area (Å²) in [6.07, 6.45) is 4.65. The van der Waals surface area contributed by atoms with Crippen LogP contribution < -0.4 is 0 Å². The summed E-state index contributed by atoms with van der Waals surface area (Å²) in [7, 11) is 0. The molecule has 0 bridgehead atoms. The third-order valence-corrected chi connectivity index (χ3v) is 3.65. The molecule has 1 aliphatic rings. The molecule has 0 radical (unpaired) electrons. The van der Waals surface area contributed by atoms with E-state index in [1.165, 1.54) is 25.7 Å². The number of rotatable bonds is 2. The van der Waals surface area contributed by atoms with E-state index in [9.17, 15) is 5.11 Å². The molecule has 1 aliphatic carbocycles. The van der Waals surface area contributed by atoms with Crippen LogP contribution in [0.15, 0.2) is 30.3 Å². The Morgan fingerprint density at radius 3 is 2.27 bits per heavy atom. The van der Waals surface area contributed by atoms with Gasteiger partial charge in [0.05, 0.1) is 6.10 Å². The first-order chi connectivity index (χ1) is 7.27. The SMILES string of the molecule is CC1CCC(C(O)c2ccccc2)CC1. The first kappa shape index (κ1) is 10.7. The van der Waals surface area contributed by atoms with Gasteiger partial charge in [-0.1, -0.05) is 50.1 Å². The van der Waals surface area contributed by atoms with E-state index in [1.54, 1.807) is 0 Å². The number of aliphatic hydroxyl groups excluding tert-OH is 1. The minimum Gasteiger partial charge on any atom is -0.388 e. The zero-order chi connectivity index (χ0) is 10.7. The molecular formula is C14H20O. The topological polar surface area (TPSA) is 20.2 Å². The molecule has 1 saturated carbocycles. The van der Waals surface area contributed by atoms with Gasteiger partial charge < -0.3 is 5.11 Å². The number of hydrogen-bond donors (Lipinski definition) is 1. The molecule has 0 aromatic heterocycles. The first-order valence-electron chi connectivity index (χ1n) is 6.00. The van der Waals surface area contributed by atoms with E-state index in [2.05, 4.69) is 6.92 Å². The van der Waals surface area contributed by atoms with Crippen molar-refractivity contribution < 1.29 is 5.11 Å². The fourth-order valence-corrected chi connectivity index (χ4v) is 2.52.